The Morgan fingerprint density at radius 2 is 2.13 bits per heavy atom. The number of hydrogen-bond donors (Lipinski definition) is 2. The molecule has 2 N–H and O–H groups in total. The van der Waals surface area contributed by atoms with Crippen molar-refractivity contribution in [2.75, 3.05) is 6.54 Å². The number of aryl methyl sites for hydroxylation is 1. The summed E-state index contributed by atoms with van der Waals surface area (Å²) in [7, 11) is 0. The summed E-state index contributed by atoms with van der Waals surface area (Å²) in [6.07, 6.45) is 1.06. The van der Waals surface area contributed by atoms with Gasteiger partial charge in [0.25, 0.3) is 0 Å². The van der Waals surface area contributed by atoms with Gasteiger partial charge in [0.1, 0.15) is 5.44 Å². The molecule has 15 heavy (non-hydrogen) atoms. The summed E-state index contributed by atoms with van der Waals surface area (Å²) in [5.41, 5.74) is 2.41. The van der Waals surface area contributed by atoms with E-state index in [-0.39, 0.29) is 16.2 Å². The van der Waals surface area contributed by atoms with Crippen LogP contribution in [0, 0.1) is 6.92 Å². The number of fused-ring (bicyclic) bond motifs is 2. The van der Waals surface area contributed by atoms with Gasteiger partial charge in [0.05, 0.1) is 4.75 Å². The second kappa shape index (κ2) is 3.24. The van der Waals surface area contributed by atoms with Crippen LogP contribution in [0.3, 0.4) is 0 Å². The summed E-state index contributed by atoms with van der Waals surface area (Å²) in [5.74, 6) is 0. The highest BCUT2D eigenvalue weighted by Gasteiger charge is 2.51. The number of thioether (sulfide) groups is 1. The molecule has 1 aromatic rings. The van der Waals surface area contributed by atoms with Gasteiger partial charge in [-0.05, 0) is 18.9 Å². The molecule has 0 aliphatic carbocycles. The average molecular weight is 221 g/mol. The Labute approximate surface area is 94.1 Å². The summed E-state index contributed by atoms with van der Waals surface area (Å²) in [5, 5.41) is 13.2. The van der Waals surface area contributed by atoms with Gasteiger partial charge in [0, 0.05) is 12.6 Å². The van der Waals surface area contributed by atoms with Crippen LogP contribution < -0.4 is 5.32 Å². The van der Waals surface area contributed by atoms with Crippen molar-refractivity contribution >= 4 is 11.8 Å². The van der Waals surface area contributed by atoms with E-state index in [1.807, 2.05) is 0 Å². The van der Waals surface area contributed by atoms with Crippen molar-refractivity contribution in [3.63, 3.8) is 0 Å². The second-order valence-electron chi connectivity index (χ2n) is 4.56. The topological polar surface area (TPSA) is 32.3 Å². The molecular formula is C12H15NOS. The van der Waals surface area contributed by atoms with E-state index in [0.29, 0.717) is 0 Å². The molecule has 2 nitrogen and oxygen atoms in total. The Hall–Kier alpha value is -0.510. The lowest BCUT2D eigenvalue weighted by atomic mass is 9.95. The molecule has 2 fully saturated rings. The molecule has 2 heterocycles. The van der Waals surface area contributed by atoms with Crippen LogP contribution in [0.4, 0.5) is 0 Å². The van der Waals surface area contributed by atoms with Gasteiger partial charge < -0.3 is 10.4 Å². The fraction of sp³-hybridized carbons (Fsp3) is 0.500. The summed E-state index contributed by atoms with van der Waals surface area (Å²) in [4.78, 5) is 0. The van der Waals surface area contributed by atoms with E-state index in [1.165, 1.54) is 11.1 Å². The van der Waals surface area contributed by atoms with E-state index in [9.17, 15) is 5.11 Å². The lowest BCUT2D eigenvalue weighted by Gasteiger charge is -2.28. The van der Waals surface area contributed by atoms with Gasteiger partial charge in [-0.3, -0.25) is 0 Å². The van der Waals surface area contributed by atoms with Crippen molar-refractivity contribution in [2.24, 2.45) is 0 Å². The predicted octanol–water partition coefficient (Wildman–Crippen LogP) is 1.62. The van der Waals surface area contributed by atoms with Crippen molar-refractivity contribution in [2.45, 2.75) is 29.6 Å². The fourth-order valence-corrected chi connectivity index (χ4v) is 4.08. The summed E-state index contributed by atoms with van der Waals surface area (Å²) < 4.78 is 0.123. The van der Waals surface area contributed by atoms with Gasteiger partial charge in [-0.15, -0.1) is 11.8 Å². The molecular weight excluding hydrogens is 206 g/mol. The SMILES string of the molecule is Cc1ccc(C23CNC(C2)C(O)S3)cc1. The molecule has 0 aromatic heterocycles. The molecule has 3 unspecified atom stereocenters. The largest absolute Gasteiger partial charge is 0.381 e. The monoisotopic (exact) mass is 221 g/mol. The van der Waals surface area contributed by atoms with Crippen molar-refractivity contribution in [1.29, 1.82) is 0 Å². The third kappa shape index (κ3) is 1.41. The van der Waals surface area contributed by atoms with Gasteiger partial charge in [-0.2, -0.15) is 0 Å². The molecule has 0 spiro atoms. The van der Waals surface area contributed by atoms with Gasteiger partial charge in [0.2, 0.25) is 0 Å². The standard InChI is InChI=1S/C12H15NOS/c1-8-2-4-9(5-3-8)12-6-10(13-7-12)11(14)15-12/h2-5,10-11,13-14H,6-7H2,1H3. The fourth-order valence-electron chi connectivity index (χ4n) is 2.55. The lowest BCUT2D eigenvalue weighted by molar-refractivity contribution is 0.225. The molecule has 2 bridgehead atoms. The number of rotatable bonds is 1. The van der Waals surface area contributed by atoms with Gasteiger partial charge in [-0.25, -0.2) is 0 Å². The number of nitrogens with one attached hydrogen (secondary N) is 1. The molecule has 0 amide bonds. The van der Waals surface area contributed by atoms with Crippen LogP contribution >= 0.6 is 11.8 Å². The zero-order chi connectivity index (χ0) is 10.5. The maximum absolute atomic E-state index is 9.80. The maximum Gasteiger partial charge on any atom is 0.115 e. The number of benzene rings is 1. The first kappa shape index (κ1) is 9.70. The number of hydrogen-bond acceptors (Lipinski definition) is 3. The first-order valence-electron chi connectivity index (χ1n) is 5.36. The highest BCUT2D eigenvalue weighted by Crippen LogP contribution is 2.53. The predicted molar refractivity (Wildman–Crippen MR) is 62.9 cm³/mol. The minimum absolute atomic E-state index is 0.123. The molecule has 0 radical (unpaired) electrons. The third-order valence-electron chi connectivity index (χ3n) is 3.47. The van der Waals surface area contributed by atoms with Crippen LogP contribution in [0.5, 0.6) is 0 Å². The van der Waals surface area contributed by atoms with Crippen molar-refractivity contribution in [3.05, 3.63) is 35.4 Å². The molecule has 2 saturated heterocycles. The number of aliphatic hydroxyl groups is 1. The van der Waals surface area contributed by atoms with Crippen molar-refractivity contribution in [1.82, 2.24) is 5.32 Å². The van der Waals surface area contributed by atoms with Crippen LogP contribution in [-0.4, -0.2) is 23.1 Å². The zero-order valence-corrected chi connectivity index (χ0v) is 9.55. The van der Waals surface area contributed by atoms with E-state index in [4.69, 9.17) is 0 Å². The van der Waals surface area contributed by atoms with Gasteiger partial charge in [0.15, 0.2) is 0 Å². The third-order valence-corrected chi connectivity index (χ3v) is 5.04. The number of aliphatic hydroxyl groups excluding tert-OH is 1. The lowest BCUT2D eigenvalue weighted by Crippen LogP contribution is -2.37. The Balaban J connectivity index is 1.97. The summed E-state index contributed by atoms with van der Waals surface area (Å²) in [6, 6.07) is 9.00. The smallest absolute Gasteiger partial charge is 0.115 e. The van der Waals surface area contributed by atoms with Crippen LogP contribution in [0.15, 0.2) is 24.3 Å². The van der Waals surface area contributed by atoms with E-state index in [1.54, 1.807) is 11.8 Å². The molecule has 3 atom stereocenters. The highest BCUT2D eigenvalue weighted by atomic mass is 32.2. The van der Waals surface area contributed by atoms with E-state index < -0.39 is 0 Å². The molecule has 1 aromatic carbocycles. The zero-order valence-electron chi connectivity index (χ0n) is 8.73. The minimum Gasteiger partial charge on any atom is -0.381 e. The minimum atomic E-state index is -0.236. The molecule has 3 rings (SSSR count). The Kier molecular flexibility index (Phi) is 2.09. The van der Waals surface area contributed by atoms with Crippen molar-refractivity contribution in [3.8, 4) is 0 Å². The van der Waals surface area contributed by atoms with Crippen molar-refractivity contribution < 1.29 is 5.11 Å². The Morgan fingerprint density at radius 1 is 1.40 bits per heavy atom. The maximum atomic E-state index is 9.80. The van der Waals surface area contributed by atoms with E-state index in [2.05, 4.69) is 36.5 Å². The van der Waals surface area contributed by atoms with Gasteiger partial charge in [-0.1, -0.05) is 29.8 Å². The molecule has 2 aliphatic heterocycles. The summed E-state index contributed by atoms with van der Waals surface area (Å²) >= 11 is 1.71. The van der Waals surface area contributed by atoms with E-state index in [0.717, 1.165) is 13.0 Å². The molecule has 0 saturated carbocycles. The molecule has 2 aliphatic rings. The highest BCUT2D eigenvalue weighted by molar-refractivity contribution is 8.01. The second-order valence-corrected chi connectivity index (χ2v) is 6.06. The normalized spacial score (nSPS) is 38.5. The molecule has 80 valence electrons. The van der Waals surface area contributed by atoms with Gasteiger partial charge >= 0.3 is 0 Å². The van der Waals surface area contributed by atoms with E-state index >= 15 is 0 Å². The Morgan fingerprint density at radius 3 is 2.67 bits per heavy atom. The van der Waals surface area contributed by atoms with Crippen LogP contribution in [0.1, 0.15) is 17.5 Å². The van der Waals surface area contributed by atoms with Crippen LogP contribution in [-0.2, 0) is 4.75 Å². The molecule has 3 heteroatoms. The van der Waals surface area contributed by atoms with Crippen LogP contribution in [0.25, 0.3) is 0 Å². The van der Waals surface area contributed by atoms with Crippen LogP contribution in [0.2, 0.25) is 0 Å². The first-order valence-corrected chi connectivity index (χ1v) is 6.24. The average Bonchev–Trinajstić information content (AvgIpc) is 2.76. The quantitative estimate of drug-likeness (QED) is 0.756. The summed E-state index contributed by atoms with van der Waals surface area (Å²) in [6.45, 7) is 3.09. The Bertz CT molecular complexity index is 374. The first-order chi connectivity index (χ1) is 7.20.